The van der Waals surface area contributed by atoms with Crippen LogP contribution in [0.2, 0.25) is 0 Å². The lowest BCUT2D eigenvalue weighted by Crippen LogP contribution is -2.04. The Balaban J connectivity index is 2.41. The molecule has 0 aliphatic carbocycles. The Morgan fingerprint density at radius 3 is 3.00 bits per heavy atom. The average molecular weight is 299 g/mol. The summed E-state index contributed by atoms with van der Waals surface area (Å²) in [5.41, 5.74) is 1.67. The summed E-state index contributed by atoms with van der Waals surface area (Å²) < 4.78 is 7.56. The predicted octanol–water partition coefficient (Wildman–Crippen LogP) is 2.28. The number of aryl methyl sites for hydroxylation is 1. The number of methoxy groups -OCH3 is 1. The van der Waals surface area contributed by atoms with Crippen LogP contribution in [0, 0.1) is 0 Å². The Kier molecular flexibility index (Phi) is 3.33. The van der Waals surface area contributed by atoms with Gasteiger partial charge in [-0.05, 0) is 28.1 Å². The molecule has 0 atom stereocenters. The van der Waals surface area contributed by atoms with E-state index in [0.717, 1.165) is 16.8 Å². The number of hydrogen-bond donors (Lipinski definition) is 1. The van der Waals surface area contributed by atoms with E-state index >= 15 is 0 Å². The van der Waals surface area contributed by atoms with Crippen molar-refractivity contribution in [2.75, 3.05) is 7.11 Å². The first-order chi connectivity index (χ1) is 8.11. The van der Waals surface area contributed by atoms with Crippen molar-refractivity contribution in [2.45, 2.75) is 13.0 Å². The Labute approximate surface area is 106 Å². The normalized spacial score (nSPS) is 10.7. The maximum absolute atomic E-state index is 10.6. The molecule has 0 radical (unpaired) electrons. The largest absolute Gasteiger partial charge is 0.497 e. The van der Waals surface area contributed by atoms with Crippen molar-refractivity contribution in [2.24, 2.45) is 0 Å². The minimum Gasteiger partial charge on any atom is -0.497 e. The van der Waals surface area contributed by atoms with Crippen LogP contribution in [0.5, 0.6) is 5.75 Å². The quantitative estimate of drug-likeness (QED) is 0.940. The van der Waals surface area contributed by atoms with Crippen LogP contribution in [0.15, 0.2) is 22.9 Å². The zero-order chi connectivity index (χ0) is 12.4. The molecular formula is C11H11BrN2O3. The standard InChI is InChI=1S/C11H11BrN2O3/c1-17-7-2-3-9-8(6-7)13-11(12)14(9)5-4-10(15)16/h2-3,6H,4-5H2,1H3,(H,15,16). The highest BCUT2D eigenvalue weighted by molar-refractivity contribution is 9.10. The van der Waals surface area contributed by atoms with Crippen molar-refractivity contribution in [3.63, 3.8) is 0 Å². The molecule has 0 fully saturated rings. The Bertz CT molecular complexity index is 565. The van der Waals surface area contributed by atoms with E-state index in [1.807, 2.05) is 22.8 Å². The van der Waals surface area contributed by atoms with E-state index in [0.29, 0.717) is 11.3 Å². The number of aliphatic carboxylic acids is 1. The van der Waals surface area contributed by atoms with Crippen molar-refractivity contribution in [1.82, 2.24) is 9.55 Å². The minimum absolute atomic E-state index is 0.0656. The maximum Gasteiger partial charge on any atom is 0.305 e. The molecule has 2 rings (SSSR count). The Hall–Kier alpha value is -1.56. The number of aromatic nitrogens is 2. The third kappa shape index (κ3) is 2.41. The van der Waals surface area contributed by atoms with Gasteiger partial charge in [0, 0.05) is 12.6 Å². The summed E-state index contributed by atoms with van der Waals surface area (Å²) in [5.74, 6) is -0.0971. The van der Waals surface area contributed by atoms with Crippen LogP contribution < -0.4 is 4.74 Å². The van der Waals surface area contributed by atoms with Gasteiger partial charge >= 0.3 is 5.97 Å². The van der Waals surface area contributed by atoms with E-state index in [1.54, 1.807) is 7.11 Å². The minimum atomic E-state index is -0.827. The molecule has 0 aliphatic heterocycles. The number of rotatable bonds is 4. The zero-order valence-corrected chi connectivity index (χ0v) is 10.8. The number of carboxylic acids is 1. The van der Waals surface area contributed by atoms with E-state index in [-0.39, 0.29) is 6.42 Å². The second-order valence-electron chi connectivity index (χ2n) is 3.53. The van der Waals surface area contributed by atoms with E-state index in [9.17, 15) is 4.79 Å². The molecule has 1 aromatic heterocycles. The van der Waals surface area contributed by atoms with Gasteiger partial charge in [0.25, 0.3) is 0 Å². The zero-order valence-electron chi connectivity index (χ0n) is 9.18. The van der Waals surface area contributed by atoms with Crippen LogP contribution in [0.3, 0.4) is 0 Å². The van der Waals surface area contributed by atoms with Crippen molar-refractivity contribution in [3.05, 3.63) is 22.9 Å². The third-order valence-corrected chi connectivity index (χ3v) is 3.06. The Morgan fingerprint density at radius 1 is 1.59 bits per heavy atom. The summed E-state index contributed by atoms with van der Waals surface area (Å²) in [6.07, 6.45) is 0.0656. The molecule has 1 N–H and O–H groups in total. The molecule has 5 nitrogen and oxygen atoms in total. The van der Waals surface area contributed by atoms with Gasteiger partial charge in [-0.1, -0.05) is 0 Å². The number of halogens is 1. The number of hydrogen-bond acceptors (Lipinski definition) is 3. The molecule has 0 amide bonds. The number of fused-ring (bicyclic) bond motifs is 1. The van der Waals surface area contributed by atoms with Gasteiger partial charge in [0.05, 0.1) is 24.6 Å². The molecule has 17 heavy (non-hydrogen) atoms. The van der Waals surface area contributed by atoms with Crippen LogP contribution in [0.1, 0.15) is 6.42 Å². The third-order valence-electron chi connectivity index (χ3n) is 2.46. The highest BCUT2D eigenvalue weighted by Crippen LogP contribution is 2.24. The van der Waals surface area contributed by atoms with Crippen molar-refractivity contribution < 1.29 is 14.6 Å². The molecular weight excluding hydrogens is 288 g/mol. The lowest BCUT2D eigenvalue weighted by atomic mass is 10.3. The fourth-order valence-corrected chi connectivity index (χ4v) is 2.19. The number of ether oxygens (including phenoxy) is 1. The SMILES string of the molecule is COc1ccc2c(c1)nc(Br)n2CCC(=O)O. The lowest BCUT2D eigenvalue weighted by Gasteiger charge is -2.04. The van der Waals surface area contributed by atoms with E-state index in [2.05, 4.69) is 20.9 Å². The molecule has 0 aliphatic rings. The molecule has 0 bridgehead atoms. The first-order valence-corrected chi connectivity index (χ1v) is 5.82. The number of carbonyl (C=O) groups is 1. The van der Waals surface area contributed by atoms with Gasteiger partial charge in [-0.3, -0.25) is 4.79 Å². The summed E-state index contributed by atoms with van der Waals surface area (Å²) in [5, 5.41) is 8.69. The summed E-state index contributed by atoms with van der Waals surface area (Å²) in [6.45, 7) is 0.388. The molecule has 0 spiro atoms. The topological polar surface area (TPSA) is 64.4 Å². The summed E-state index contributed by atoms with van der Waals surface area (Å²) in [7, 11) is 1.59. The molecule has 2 aromatic rings. The van der Waals surface area contributed by atoms with Gasteiger partial charge in [-0.2, -0.15) is 0 Å². The van der Waals surface area contributed by atoms with Crippen molar-refractivity contribution in [1.29, 1.82) is 0 Å². The number of imidazole rings is 1. The highest BCUT2D eigenvalue weighted by Gasteiger charge is 2.10. The average Bonchev–Trinajstić information content (AvgIpc) is 2.60. The number of nitrogens with zero attached hydrogens (tertiary/aromatic N) is 2. The van der Waals surface area contributed by atoms with Crippen LogP contribution in [-0.2, 0) is 11.3 Å². The van der Waals surface area contributed by atoms with Gasteiger partial charge in [-0.25, -0.2) is 4.98 Å². The summed E-state index contributed by atoms with van der Waals surface area (Å²) >= 11 is 3.32. The van der Waals surface area contributed by atoms with Crippen LogP contribution in [-0.4, -0.2) is 27.7 Å². The first kappa shape index (κ1) is 11.9. The van der Waals surface area contributed by atoms with Gasteiger partial charge in [0.15, 0.2) is 4.73 Å². The van der Waals surface area contributed by atoms with Gasteiger partial charge in [0.1, 0.15) is 5.75 Å². The second-order valence-corrected chi connectivity index (χ2v) is 4.24. The lowest BCUT2D eigenvalue weighted by molar-refractivity contribution is -0.137. The fourth-order valence-electron chi connectivity index (χ4n) is 1.63. The molecule has 6 heteroatoms. The molecule has 90 valence electrons. The first-order valence-electron chi connectivity index (χ1n) is 5.03. The van der Waals surface area contributed by atoms with Crippen LogP contribution >= 0.6 is 15.9 Å². The summed E-state index contributed by atoms with van der Waals surface area (Å²) in [4.78, 5) is 14.9. The monoisotopic (exact) mass is 298 g/mol. The number of benzene rings is 1. The Morgan fingerprint density at radius 2 is 2.35 bits per heavy atom. The molecule has 0 unspecified atom stereocenters. The van der Waals surface area contributed by atoms with Gasteiger partial charge < -0.3 is 14.4 Å². The van der Waals surface area contributed by atoms with Crippen LogP contribution in [0.4, 0.5) is 0 Å². The molecule has 0 saturated carbocycles. The summed E-state index contributed by atoms with van der Waals surface area (Å²) in [6, 6.07) is 5.51. The van der Waals surface area contributed by atoms with Crippen molar-refractivity contribution >= 4 is 32.9 Å². The van der Waals surface area contributed by atoms with E-state index in [4.69, 9.17) is 9.84 Å². The van der Waals surface area contributed by atoms with Crippen LogP contribution in [0.25, 0.3) is 11.0 Å². The highest BCUT2D eigenvalue weighted by atomic mass is 79.9. The predicted molar refractivity (Wildman–Crippen MR) is 66.2 cm³/mol. The maximum atomic E-state index is 10.6. The second kappa shape index (κ2) is 4.75. The number of carboxylic acid groups (broad SMARTS) is 1. The smallest absolute Gasteiger partial charge is 0.305 e. The molecule has 1 aromatic carbocycles. The molecule has 0 saturated heterocycles. The van der Waals surface area contributed by atoms with Gasteiger partial charge in [0.2, 0.25) is 0 Å². The molecule has 1 heterocycles. The van der Waals surface area contributed by atoms with Gasteiger partial charge in [-0.15, -0.1) is 0 Å². The fraction of sp³-hybridized carbons (Fsp3) is 0.273. The van der Waals surface area contributed by atoms with E-state index < -0.39 is 5.97 Å². The van der Waals surface area contributed by atoms with Crippen molar-refractivity contribution in [3.8, 4) is 5.75 Å². The van der Waals surface area contributed by atoms with E-state index in [1.165, 1.54) is 0 Å².